The third kappa shape index (κ3) is 3.66. The van der Waals surface area contributed by atoms with E-state index in [1.54, 1.807) is 11.3 Å². The van der Waals surface area contributed by atoms with Crippen LogP contribution in [0.2, 0.25) is 0 Å². The van der Waals surface area contributed by atoms with Crippen molar-refractivity contribution in [2.45, 2.75) is 40.3 Å². The van der Waals surface area contributed by atoms with E-state index in [-0.39, 0.29) is 11.6 Å². The number of thiophene rings is 1. The highest BCUT2D eigenvalue weighted by atomic mass is 32.1. The van der Waals surface area contributed by atoms with E-state index in [0.717, 1.165) is 33.0 Å². The van der Waals surface area contributed by atoms with Crippen LogP contribution in [-0.4, -0.2) is 28.5 Å². The average Bonchev–Trinajstić information content (AvgIpc) is 2.90. The normalized spacial score (nSPS) is 12.7. The fourth-order valence-corrected chi connectivity index (χ4v) is 4.00. The molecule has 0 aliphatic rings. The molecule has 0 saturated heterocycles. The molecular formula is C20H25N3O2S. The van der Waals surface area contributed by atoms with Crippen molar-refractivity contribution in [2.24, 2.45) is 0 Å². The number of hydrogen-bond donors (Lipinski definition) is 1. The molecule has 5 nitrogen and oxygen atoms in total. The average molecular weight is 372 g/mol. The Bertz CT molecular complexity index is 960. The highest BCUT2D eigenvalue weighted by Gasteiger charge is 2.18. The van der Waals surface area contributed by atoms with E-state index in [1.165, 1.54) is 5.56 Å². The second kappa shape index (κ2) is 7.60. The van der Waals surface area contributed by atoms with Gasteiger partial charge in [-0.05, 0) is 58.0 Å². The summed E-state index contributed by atoms with van der Waals surface area (Å²) in [7, 11) is 2.04. The first kappa shape index (κ1) is 18.6. The Morgan fingerprint density at radius 3 is 2.62 bits per heavy atom. The number of nitrogens with zero attached hydrogens (tertiary/aromatic N) is 2. The zero-order chi connectivity index (χ0) is 18.8. The van der Waals surface area contributed by atoms with Crippen LogP contribution in [0, 0.1) is 13.8 Å². The van der Waals surface area contributed by atoms with Crippen LogP contribution < -0.4 is 10.3 Å². The molecule has 1 aromatic carbocycles. The van der Waals surface area contributed by atoms with Gasteiger partial charge in [0.1, 0.15) is 16.4 Å². The van der Waals surface area contributed by atoms with Crippen molar-refractivity contribution in [3.05, 3.63) is 56.4 Å². The maximum atomic E-state index is 12.5. The molecule has 6 heteroatoms. The number of hydrogen-bond acceptors (Lipinski definition) is 5. The van der Waals surface area contributed by atoms with Crippen molar-refractivity contribution in [3.63, 3.8) is 0 Å². The highest BCUT2D eigenvalue weighted by molar-refractivity contribution is 7.18. The molecule has 3 aromatic rings. The van der Waals surface area contributed by atoms with Gasteiger partial charge in [-0.3, -0.25) is 9.69 Å². The zero-order valence-electron chi connectivity index (χ0n) is 15.9. The number of nitrogens with one attached hydrogen (secondary N) is 1. The van der Waals surface area contributed by atoms with Gasteiger partial charge in [0.25, 0.3) is 5.56 Å². The molecule has 0 saturated carbocycles. The van der Waals surface area contributed by atoms with Crippen LogP contribution >= 0.6 is 11.3 Å². The number of aryl methyl sites for hydroxylation is 2. The van der Waals surface area contributed by atoms with Gasteiger partial charge in [-0.15, -0.1) is 11.3 Å². The lowest BCUT2D eigenvalue weighted by molar-refractivity contribution is 0.244. The maximum Gasteiger partial charge on any atom is 0.259 e. The Morgan fingerprint density at radius 2 is 1.96 bits per heavy atom. The van der Waals surface area contributed by atoms with Crippen molar-refractivity contribution in [2.75, 3.05) is 13.7 Å². The lowest BCUT2D eigenvalue weighted by Crippen LogP contribution is -2.25. The minimum Gasteiger partial charge on any atom is -0.494 e. The fraction of sp³-hybridized carbons (Fsp3) is 0.400. The summed E-state index contributed by atoms with van der Waals surface area (Å²) in [5.41, 5.74) is 2.17. The Morgan fingerprint density at radius 1 is 1.27 bits per heavy atom. The van der Waals surface area contributed by atoms with Crippen LogP contribution in [0.4, 0.5) is 0 Å². The molecule has 0 radical (unpaired) electrons. The standard InChI is InChI=1S/C20H25N3O2S/c1-6-25-16-9-7-15(8-10-16)11-23(5)13(3)18-21-19(24)17-12(2)14(4)26-20(17)22-18/h7-10,13H,6,11H2,1-5H3,(H,21,22,24). The number of benzene rings is 1. The summed E-state index contributed by atoms with van der Waals surface area (Å²) in [5.74, 6) is 1.59. The Balaban J connectivity index is 1.80. The monoisotopic (exact) mass is 371 g/mol. The lowest BCUT2D eigenvalue weighted by atomic mass is 10.1. The van der Waals surface area contributed by atoms with Crippen molar-refractivity contribution in [1.82, 2.24) is 14.9 Å². The SMILES string of the molecule is CCOc1ccc(CN(C)C(C)c2nc3sc(C)c(C)c3c(=O)[nH]2)cc1. The minimum atomic E-state index is -0.0480. The van der Waals surface area contributed by atoms with Crippen LogP contribution in [0.5, 0.6) is 5.75 Å². The number of H-pyrrole nitrogens is 1. The van der Waals surface area contributed by atoms with Gasteiger partial charge in [-0.25, -0.2) is 4.98 Å². The molecule has 0 bridgehead atoms. The van der Waals surface area contributed by atoms with E-state index in [9.17, 15) is 4.79 Å². The molecule has 0 aliphatic heterocycles. The van der Waals surface area contributed by atoms with Gasteiger partial charge < -0.3 is 9.72 Å². The topological polar surface area (TPSA) is 58.2 Å². The van der Waals surface area contributed by atoms with Crippen molar-refractivity contribution in [3.8, 4) is 5.75 Å². The first-order valence-corrected chi connectivity index (χ1v) is 9.64. The second-order valence-corrected chi connectivity index (χ2v) is 7.79. The van der Waals surface area contributed by atoms with E-state index in [4.69, 9.17) is 9.72 Å². The van der Waals surface area contributed by atoms with E-state index in [0.29, 0.717) is 12.4 Å². The zero-order valence-corrected chi connectivity index (χ0v) is 16.7. The quantitative estimate of drug-likeness (QED) is 0.706. The van der Waals surface area contributed by atoms with Gasteiger partial charge in [-0.1, -0.05) is 12.1 Å². The Kier molecular flexibility index (Phi) is 5.44. The maximum absolute atomic E-state index is 12.5. The van der Waals surface area contributed by atoms with Crippen LogP contribution in [0.3, 0.4) is 0 Å². The van der Waals surface area contributed by atoms with Gasteiger partial charge in [0.15, 0.2) is 0 Å². The summed E-state index contributed by atoms with van der Waals surface area (Å²) >= 11 is 1.58. The second-order valence-electron chi connectivity index (χ2n) is 6.58. The Hall–Kier alpha value is -2.18. The van der Waals surface area contributed by atoms with E-state index in [1.807, 2.05) is 40.0 Å². The summed E-state index contributed by atoms with van der Waals surface area (Å²) in [4.78, 5) is 24.3. The van der Waals surface area contributed by atoms with E-state index < -0.39 is 0 Å². The third-order valence-electron chi connectivity index (χ3n) is 4.78. The van der Waals surface area contributed by atoms with Crippen molar-refractivity contribution in [1.29, 1.82) is 0 Å². The number of fused-ring (bicyclic) bond motifs is 1. The van der Waals surface area contributed by atoms with Gasteiger partial charge >= 0.3 is 0 Å². The highest BCUT2D eigenvalue weighted by Crippen LogP contribution is 2.27. The summed E-state index contributed by atoms with van der Waals surface area (Å²) in [6.45, 7) is 9.47. The summed E-state index contributed by atoms with van der Waals surface area (Å²) in [6.07, 6.45) is 0. The predicted octanol–water partition coefficient (Wildman–Crippen LogP) is 4.19. The summed E-state index contributed by atoms with van der Waals surface area (Å²) in [6, 6.07) is 8.11. The fourth-order valence-electron chi connectivity index (χ4n) is 2.96. The van der Waals surface area contributed by atoms with Gasteiger partial charge in [-0.2, -0.15) is 0 Å². The molecule has 0 spiro atoms. The van der Waals surface area contributed by atoms with Crippen LogP contribution in [0.15, 0.2) is 29.1 Å². The molecule has 1 unspecified atom stereocenters. The van der Waals surface area contributed by atoms with Crippen molar-refractivity contribution >= 4 is 21.6 Å². The third-order valence-corrected chi connectivity index (χ3v) is 5.88. The molecule has 2 heterocycles. The lowest BCUT2D eigenvalue weighted by Gasteiger charge is -2.24. The molecule has 3 rings (SSSR count). The molecule has 138 valence electrons. The number of rotatable bonds is 6. The Labute approximate surface area is 157 Å². The first-order valence-electron chi connectivity index (χ1n) is 8.82. The molecule has 1 atom stereocenters. The van der Waals surface area contributed by atoms with Gasteiger partial charge in [0, 0.05) is 11.4 Å². The van der Waals surface area contributed by atoms with Crippen LogP contribution in [-0.2, 0) is 6.54 Å². The van der Waals surface area contributed by atoms with E-state index >= 15 is 0 Å². The first-order chi connectivity index (χ1) is 12.4. The number of ether oxygens (including phenoxy) is 1. The molecule has 1 N–H and O–H groups in total. The predicted molar refractivity (Wildman–Crippen MR) is 107 cm³/mol. The molecule has 0 fully saturated rings. The molecular weight excluding hydrogens is 346 g/mol. The van der Waals surface area contributed by atoms with Gasteiger partial charge in [0.2, 0.25) is 0 Å². The van der Waals surface area contributed by atoms with Gasteiger partial charge in [0.05, 0.1) is 18.0 Å². The molecule has 0 amide bonds. The van der Waals surface area contributed by atoms with Crippen LogP contribution in [0.25, 0.3) is 10.2 Å². The molecule has 26 heavy (non-hydrogen) atoms. The van der Waals surface area contributed by atoms with E-state index in [2.05, 4.69) is 28.9 Å². The summed E-state index contributed by atoms with van der Waals surface area (Å²) < 4.78 is 5.49. The number of aromatic nitrogens is 2. The molecule has 2 aromatic heterocycles. The largest absolute Gasteiger partial charge is 0.494 e. The summed E-state index contributed by atoms with van der Waals surface area (Å²) in [5, 5.41) is 0.720. The number of aromatic amines is 1. The van der Waals surface area contributed by atoms with Crippen LogP contribution in [0.1, 0.15) is 41.7 Å². The van der Waals surface area contributed by atoms with Crippen molar-refractivity contribution < 1.29 is 4.74 Å². The molecule has 0 aliphatic carbocycles. The minimum absolute atomic E-state index is 0.00128. The smallest absolute Gasteiger partial charge is 0.259 e.